The highest BCUT2D eigenvalue weighted by Crippen LogP contribution is 2.14. The van der Waals surface area contributed by atoms with E-state index in [1.807, 2.05) is 0 Å². The van der Waals surface area contributed by atoms with Crippen molar-refractivity contribution in [2.75, 3.05) is 33.9 Å². The lowest BCUT2D eigenvalue weighted by atomic mass is 10.1. The average molecular weight is 294 g/mol. The summed E-state index contributed by atoms with van der Waals surface area (Å²) >= 11 is 0. The number of hydrogen-bond acceptors (Lipinski definition) is 6. The number of amides is 1. The minimum atomic E-state index is -0.347. The summed E-state index contributed by atoms with van der Waals surface area (Å²) in [7, 11) is 2.85. The molecule has 1 aliphatic heterocycles. The number of carbonyl (C=O) groups is 2. The Bertz CT molecular complexity index is 503. The molecule has 0 bridgehead atoms. The third-order valence-corrected chi connectivity index (χ3v) is 3.24. The molecule has 1 fully saturated rings. The molecule has 1 aromatic rings. The third-order valence-electron chi connectivity index (χ3n) is 3.24. The molecular weight excluding hydrogens is 276 g/mol. The third kappa shape index (κ3) is 3.91. The Morgan fingerprint density at radius 3 is 2.86 bits per heavy atom. The standard InChI is InChI=1S/C14H18N2O5/c1-19-12-4-3-10(8-15-12)14(18)16-5-6-21-11(9-16)7-13(17)20-2/h3-4,8,11H,5-7,9H2,1-2H3. The molecule has 1 aromatic heterocycles. The van der Waals surface area contributed by atoms with Gasteiger partial charge in [0.15, 0.2) is 0 Å². The second-order valence-corrected chi connectivity index (χ2v) is 4.61. The molecule has 1 atom stereocenters. The van der Waals surface area contributed by atoms with Crippen LogP contribution in [0.3, 0.4) is 0 Å². The Balaban J connectivity index is 1.99. The molecule has 21 heavy (non-hydrogen) atoms. The average Bonchev–Trinajstić information content (AvgIpc) is 2.54. The molecule has 0 radical (unpaired) electrons. The second kappa shape index (κ2) is 7.03. The number of aromatic nitrogens is 1. The predicted molar refractivity (Wildman–Crippen MR) is 73.1 cm³/mol. The van der Waals surface area contributed by atoms with E-state index >= 15 is 0 Å². The van der Waals surface area contributed by atoms with Gasteiger partial charge in [-0.25, -0.2) is 4.98 Å². The topological polar surface area (TPSA) is 78.0 Å². The van der Waals surface area contributed by atoms with Crippen molar-refractivity contribution in [3.63, 3.8) is 0 Å². The van der Waals surface area contributed by atoms with Crippen LogP contribution in [0, 0.1) is 0 Å². The van der Waals surface area contributed by atoms with Gasteiger partial charge in [0.05, 0.1) is 38.9 Å². The molecule has 1 aliphatic rings. The lowest BCUT2D eigenvalue weighted by Crippen LogP contribution is -2.46. The zero-order valence-corrected chi connectivity index (χ0v) is 12.1. The summed E-state index contributed by atoms with van der Waals surface area (Å²) < 4.78 is 15.0. The molecule has 0 N–H and O–H groups in total. The zero-order chi connectivity index (χ0) is 15.2. The van der Waals surface area contributed by atoms with Gasteiger partial charge in [0.2, 0.25) is 5.88 Å². The summed E-state index contributed by atoms with van der Waals surface area (Å²) in [6.07, 6.45) is 1.29. The van der Waals surface area contributed by atoms with Crippen molar-refractivity contribution in [1.82, 2.24) is 9.88 Å². The van der Waals surface area contributed by atoms with Gasteiger partial charge < -0.3 is 19.1 Å². The number of carbonyl (C=O) groups excluding carboxylic acids is 2. The van der Waals surface area contributed by atoms with Gasteiger partial charge in [-0.2, -0.15) is 0 Å². The number of rotatable bonds is 4. The SMILES string of the molecule is COC(=O)CC1CN(C(=O)c2ccc(OC)nc2)CCO1. The van der Waals surface area contributed by atoms with Crippen LogP contribution in [0.5, 0.6) is 5.88 Å². The van der Waals surface area contributed by atoms with E-state index in [1.165, 1.54) is 20.4 Å². The molecule has 0 aromatic carbocycles. The van der Waals surface area contributed by atoms with Gasteiger partial charge in [0, 0.05) is 25.4 Å². The Morgan fingerprint density at radius 1 is 1.43 bits per heavy atom. The second-order valence-electron chi connectivity index (χ2n) is 4.61. The first-order valence-corrected chi connectivity index (χ1v) is 6.61. The Morgan fingerprint density at radius 2 is 2.24 bits per heavy atom. The Hall–Kier alpha value is -2.15. The largest absolute Gasteiger partial charge is 0.481 e. The van der Waals surface area contributed by atoms with E-state index in [2.05, 4.69) is 9.72 Å². The van der Waals surface area contributed by atoms with Gasteiger partial charge in [-0.3, -0.25) is 9.59 Å². The molecular formula is C14H18N2O5. The van der Waals surface area contributed by atoms with Crippen molar-refractivity contribution in [3.8, 4) is 5.88 Å². The van der Waals surface area contributed by atoms with Gasteiger partial charge >= 0.3 is 5.97 Å². The smallest absolute Gasteiger partial charge is 0.308 e. The lowest BCUT2D eigenvalue weighted by molar-refractivity contribution is -0.145. The highest BCUT2D eigenvalue weighted by atomic mass is 16.5. The van der Waals surface area contributed by atoms with Crippen LogP contribution in [0.1, 0.15) is 16.8 Å². The molecule has 0 aliphatic carbocycles. The zero-order valence-electron chi connectivity index (χ0n) is 12.1. The van der Waals surface area contributed by atoms with Crippen LogP contribution < -0.4 is 4.74 Å². The number of pyridine rings is 1. The highest BCUT2D eigenvalue weighted by molar-refractivity contribution is 5.94. The maximum absolute atomic E-state index is 12.4. The lowest BCUT2D eigenvalue weighted by Gasteiger charge is -2.32. The summed E-state index contributed by atoms with van der Waals surface area (Å²) in [5, 5.41) is 0. The van der Waals surface area contributed by atoms with Crippen LogP contribution in [0.15, 0.2) is 18.3 Å². The van der Waals surface area contributed by atoms with Crippen molar-refractivity contribution < 1.29 is 23.8 Å². The molecule has 7 nitrogen and oxygen atoms in total. The Labute approximate surface area is 122 Å². The minimum Gasteiger partial charge on any atom is -0.481 e. The first-order valence-electron chi connectivity index (χ1n) is 6.61. The number of hydrogen-bond donors (Lipinski definition) is 0. The van der Waals surface area contributed by atoms with Crippen LogP contribution in [-0.4, -0.2) is 61.8 Å². The number of methoxy groups -OCH3 is 2. The number of ether oxygens (including phenoxy) is 3. The monoisotopic (exact) mass is 294 g/mol. The van der Waals surface area contributed by atoms with Crippen molar-refractivity contribution in [2.24, 2.45) is 0 Å². The number of nitrogens with zero attached hydrogens (tertiary/aromatic N) is 2. The number of esters is 1. The minimum absolute atomic E-state index is 0.136. The quantitative estimate of drug-likeness (QED) is 0.752. The van der Waals surface area contributed by atoms with E-state index in [0.29, 0.717) is 31.1 Å². The molecule has 114 valence electrons. The van der Waals surface area contributed by atoms with Crippen LogP contribution in [0.25, 0.3) is 0 Å². The fourth-order valence-corrected chi connectivity index (χ4v) is 2.11. The Kier molecular flexibility index (Phi) is 5.10. The molecule has 1 amide bonds. The van der Waals surface area contributed by atoms with Gasteiger partial charge in [0.25, 0.3) is 5.91 Å². The van der Waals surface area contributed by atoms with Crippen molar-refractivity contribution in [1.29, 1.82) is 0 Å². The maximum atomic E-state index is 12.4. The summed E-state index contributed by atoms with van der Waals surface area (Å²) in [6, 6.07) is 3.30. The summed E-state index contributed by atoms with van der Waals surface area (Å²) in [4.78, 5) is 29.3. The van der Waals surface area contributed by atoms with E-state index < -0.39 is 0 Å². The van der Waals surface area contributed by atoms with Crippen LogP contribution >= 0.6 is 0 Å². The first kappa shape index (κ1) is 15.2. The van der Waals surface area contributed by atoms with Crippen molar-refractivity contribution in [3.05, 3.63) is 23.9 Å². The summed E-state index contributed by atoms with van der Waals surface area (Å²) in [5.41, 5.74) is 0.481. The molecule has 2 rings (SSSR count). The molecule has 1 saturated heterocycles. The summed E-state index contributed by atoms with van der Waals surface area (Å²) in [6.45, 7) is 1.25. The van der Waals surface area contributed by atoms with E-state index in [1.54, 1.807) is 17.0 Å². The van der Waals surface area contributed by atoms with E-state index in [-0.39, 0.29) is 24.4 Å². The first-order chi connectivity index (χ1) is 10.1. The van der Waals surface area contributed by atoms with Gasteiger partial charge in [-0.15, -0.1) is 0 Å². The van der Waals surface area contributed by atoms with Crippen LogP contribution in [0.4, 0.5) is 0 Å². The predicted octanol–water partition coefficient (Wildman–Crippen LogP) is 0.494. The normalized spacial score (nSPS) is 18.2. The molecule has 2 heterocycles. The van der Waals surface area contributed by atoms with Crippen LogP contribution in [-0.2, 0) is 14.3 Å². The van der Waals surface area contributed by atoms with Gasteiger partial charge in [0.1, 0.15) is 0 Å². The van der Waals surface area contributed by atoms with Gasteiger partial charge in [-0.1, -0.05) is 0 Å². The maximum Gasteiger partial charge on any atom is 0.308 e. The molecule has 0 saturated carbocycles. The molecule has 0 spiro atoms. The summed E-state index contributed by atoms with van der Waals surface area (Å²) in [5.74, 6) is -0.0270. The molecule has 7 heteroatoms. The highest BCUT2D eigenvalue weighted by Gasteiger charge is 2.27. The van der Waals surface area contributed by atoms with Crippen molar-refractivity contribution >= 4 is 11.9 Å². The number of morpholine rings is 1. The van der Waals surface area contributed by atoms with E-state index in [0.717, 1.165) is 0 Å². The van der Waals surface area contributed by atoms with Crippen LogP contribution in [0.2, 0.25) is 0 Å². The van der Waals surface area contributed by atoms with Gasteiger partial charge in [-0.05, 0) is 6.07 Å². The van der Waals surface area contributed by atoms with Crippen molar-refractivity contribution in [2.45, 2.75) is 12.5 Å². The van der Waals surface area contributed by atoms with E-state index in [4.69, 9.17) is 9.47 Å². The fraction of sp³-hybridized carbons (Fsp3) is 0.500. The fourth-order valence-electron chi connectivity index (χ4n) is 2.11. The van der Waals surface area contributed by atoms with E-state index in [9.17, 15) is 9.59 Å². The molecule has 1 unspecified atom stereocenters.